The van der Waals surface area contributed by atoms with Crippen LogP contribution < -0.4 is 10.6 Å². The van der Waals surface area contributed by atoms with Gasteiger partial charge in [-0.2, -0.15) is 0 Å². The molecule has 0 aliphatic carbocycles. The molecule has 0 radical (unpaired) electrons. The lowest BCUT2D eigenvalue weighted by molar-refractivity contribution is -0.137. The van der Waals surface area contributed by atoms with Gasteiger partial charge in [0, 0.05) is 36.8 Å². The second-order valence-electron chi connectivity index (χ2n) is 4.91. The van der Waals surface area contributed by atoms with E-state index in [1.54, 1.807) is 24.4 Å². The predicted octanol–water partition coefficient (Wildman–Crippen LogP) is 1.000. The average molecular weight is 322 g/mol. The van der Waals surface area contributed by atoms with Crippen LogP contribution in [0.15, 0.2) is 17.8 Å². The van der Waals surface area contributed by atoms with Crippen molar-refractivity contribution in [3.63, 3.8) is 0 Å². The third-order valence-corrected chi connectivity index (χ3v) is 3.87. The van der Waals surface area contributed by atoms with Crippen molar-refractivity contribution in [2.75, 3.05) is 6.54 Å². The minimum Gasteiger partial charge on any atom is -0.350 e. The number of nitrogens with zero attached hydrogens (tertiary/aromatic N) is 2. The first-order valence-corrected chi connectivity index (χ1v) is 7.93. The van der Waals surface area contributed by atoms with Crippen LogP contribution in [0.4, 0.5) is 0 Å². The zero-order chi connectivity index (χ0) is 16.1. The highest BCUT2D eigenvalue weighted by Gasteiger charge is 2.17. The molecule has 0 bridgehead atoms. The van der Waals surface area contributed by atoms with Gasteiger partial charge in [-0.15, -0.1) is 11.3 Å². The fourth-order valence-corrected chi connectivity index (χ4v) is 2.63. The van der Waals surface area contributed by atoms with Gasteiger partial charge in [-0.1, -0.05) is 0 Å². The van der Waals surface area contributed by atoms with Crippen molar-refractivity contribution in [1.29, 1.82) is 0 Å². The molecule has 22 heavy (non-hydrogen) atoms. The second-order valence-corrected chi connectivity index (χ2v) is 5.79. The molecule has 0 aromatic carbocycles. The Balaban J connectivity index is 1.82. The number of aromatic nitrogens is 2. The number of thiazole rings is 1. The number of hydrogen-bond acceptors (Lipinski definition) is 5. The van der Waals surface area contributed by atoms with E-state index in [9.17, 15) is 14.4 Å². The smallest absolute Gasteiger partial charge is 0.287 e. The molecule has 2 rings (SSSR count). The molecule has 2 aromatic heterocycles. The standard InChI is InChI=1S/C14H18N4O3S/c1-3-15-13(21)11(19)5-4-9(2)16-12(20)10-8-18-6-7-22-14(18)17-10/h6-9H,3-5H2,1-2H3,(H,15,21)(H,16,20). The van der Waals surface area contributed by atoms with Crippen LogP contribution in [0.25, 0.3) is 4.96 Å². The number of likely N-dealkylation sites (N-methyl/N-ethyl adjacent to an activating group) is 1. The van der Waals surface area contributed by atoms with Crippen molar-refractivity contribution >= 4 is 33.9 Å². The summed E-state index contributed by atoms with van der Waals surface area (Å²) in [6.45, 7) is 3.97. The maximum Gasteiger partial charge on any atom is 0.287 e. The van der Waals surface area contributed by atoms with Gasteiger partial charge >= 0.3 is 0 Å². The van der Waals surface area contributed by atoms with Gasteiger partial charge in [0.15, 0.2) is 4.96 Å². The molecule has 1 atom stereocenters. The maximum atomic E-state index is 12.1. The molecule has 2 aromatic rings. The Morgan fingerprint density at radius 2 is 2.18 bits per heavy atom. The van der Waals surface area contributed by atoms with Crippen LogP contribution in [0.3, 0.4) is 0 Å². The molecule has 2 N–H and O–H groups in total. The van der Waals surface area contributed by atoms with Crippen LogP contribution in [0.2, 0.25) is 0 Å². The van der Waals surface area contributed by atoms with Crippen molar-refractivity contribution in [3.05, 3.63) is 23.5 Å². The summed E-state index contributed by atoms with van der Waals surface area (Å²) < 4.78 is 1.78. The monoisotopic (exact) mass is 322 g/mol. The molecule has 0 spiro atoms. The van der Waals surface area contributed by atoms with Gasteiger partial charge in [-0.05, 0) is 20.3 Å². The van der Waals surface area contributed by atoms with Gasteiger partial charge < -0.3 is 10.6 Å². The van der Waals surface area contributed by atoms with E-state index in [1.165, 1.54) is 11.3 Å². The molecular formula is C14H18N4O3S. The summed E-state index contributed by atoms with van der Waals surface area (Å²) in [6.07, 6.45) is 4.00. The molecule has 2 amide bonds. The van der Waals surface area contributed by atoms with Crippen molar-refractivity contribution in [2.24, 2.45) is 0 Å². The fraction of sp³-hybridized carbons (Fsp3) is 0.429. The van der Waals surface area contributed by atoms with E-state index < -0.39 is 11.7 Å². The largest absolute Gasteiger partial charge is 0.350 e. The number of carbonyl (C=O) groups excluding carboxylic acids is 3. The van der Waals surface area contributed by atoms with Gasteiger partial charge in [-0.25, -0.2) is 4.98 Å². The molecule has 1 unspecified atom stereocenters. The normalized spacial score (nSPS) is 12.1. The van der Waals surface area contributed by atoms with E-state index >= 15 is 0 Å². The van der Waals surface area contributed by atoms with Gasteiger partial charge in [0.25, 0.3) is 11.8 Å². The maximum absolute atomic E-state index is 12.1. The fourth-order valence-electron chi connectivity index (χ4n) is 1.93. The Morgan fingerprint density at radius 3 is 2.86 bits per heavy atom. The molecular weight excluding hydrogens is 304 g/mol. The number of ketones is 1. The Hall–Kier alpha value is -2.22. The van der Waals surface area contributed by atoms with Crippen LogP contribution in [0.1, 0.15) is 37.2 Å². The Bertz CT molecular complexity index is 663. The lowest BCUT2D eigenvalue weighted by atomic mass is 10.1. The molecule has 118 valence electrons. The Labute approximate surface area is 131 Å². The first kappa shape index (κ1) is 16.2. The SMILES string of the molecule is CCNC(=O)C(=O)CCC(C)NC(=O)c1cn2ccsc2n1. The van der Waals surface area contributed by atoms with Crippen LogP contribution in [0, 0.1) is 0 Å². The first-order chi connectivity index (χ1) is 10.5. The molecule has 8 heteroatoms. The van der Waals surface area contributed by atoms with Gasteiger partial charge in [0.05, 0.1) is 0 Å². The molecule has 0 saturated carbocycles. The topological polar surface area (TPSA) is 92.6 Å². The average Bonchev–Trinajstić information content (AvgIpc) is 3.06. The summed E-state index contributed by atoms with van der Waals surface area (Å²) in [4.78, 5) is 39.9. The van der Waals surface area contributed by atoms with E-state index in [4.69, 9.17) is 0 Å². The number of fused-ring (bicyclic) bond motifs is 1. The summed E-state index contributed by atoms with van der Waals surface area (Å²) in [5, 5.41) is 7.13. The zero-order valence-electron chi connectivity index (χ0n) is 12.5. The van der Waals surface area contributed by atoms with E-state index in [-0.39, 0.29) is 18.4 Å². The van der Waals surface area contributed by atoms with Crippen molar-refractivity contribution in [3.8, 4) is 0 Å². The number of hydrogen-bond donors (Lipinski definition) is 2. The Kier molecular flexibility index (Phi) is 5.26. The summed E-state index contributed by atoms with van der Waals surface area (Å²) in [7, 11) is 0. The molecule has 0 aliphatic heterocycles. The van der Waals surface area contributed by atoms with Crippen LogP contribution in [-0.4, -0.2) is 39.6 Å². The third-order valence-electron chi connectivity index (χ3n) is 3.10. The highest BCUT2D eigenvalue weighted by molar-refractivity contribution is 7.15. The molecule has 0 fully saturated rings. The molecule has 0 saturated heterocycles. The predicted molar refractivity (Wildman–Crippen MR) is 82.9 cm³/mol. The highest BCUT2D eigenvalue weighted by Crippen LogP contribution is 2.11. The first-order valence-electron chi connectivity index (χ1n) is 7.05. The minimum absolute atomic E-state index is 0.103. The van der Waals surface area contributed by atoms with Crippen molar-refractivity contribution in [2.45, 2.75) is 32.7 Å². The lowest BCUT2D eigenvalue weighted by Crippen LogP contribution is -2.35. The van der Waals surface area contributed by atoms with E-state index in [2.05, 4.69) is 15.6 Å². The van der Waals surface area contributed by atoms with E-state index in [0.29, 0.717) is 18.7 Å². The zero-order valence-corrected chi connectivity index (χ0v) is 13.3. The molecule has 7 nitrogen and oxygen atoms in total. The van der Waals surface area contributed by atoms with E-state index in [0.717, 1.165) is 4.96 Å². The number of imidazole rings is 1. The number of rotatable bonds is 7. The number of amides is 2. The summed E-state index contributed by atoms with van der Waals surface area (Å²) in [5.74, 6) is -1.32. The summed E-state index contributed by atoms with van der Waals surface area (Å²) in [6, 6.07) is -0.217. The van der Waals surface area contributed by atoms with Crippen molar-refractivity contribution in [1.82, 2.24) is 20.0 Å². The van der Waals surface area contributed by atoms with Gasteiger partial charge in [0.1, 0.15) is 5.69 Å². The lowest BCUT2D eigenvalue weighted by Gasteiger charge is -2.12. The molecule has 2 heterocycles. The summed E-state index contributed by atoms with van der Waals surface area (Å²) in [5.41, 5.74) is 0.341. The highest BCUT2D eigenvalue weighted by atomic mass is 32.1. The number of nitrogens with one attached hydrogen (secondary N) is 2. The third kappa shape index (κ3) is 3.91. The van der Waals surface area contributed by atoms with Crippen LogP contribution in [0.5, 0.6) is 0 Å². The quantitative estimate of drug-likeness (QED) is 0.744. The van der Waals surface area contributed by atoms with E-state index in [1.807, 2.05) is 11.6 Å². The van der Waals surface area contributed by atoms with Gasteiger partial charge in [0.2, 0.25) is 5.78 Å². The number of Topliss-reactive ketones (excluding diaryl/α,β-unsaturated/α-hetero) is 1. The second kappa shape index (κ2) is 7.17. The molecule has 0 aliphatic rings. The van der Waals surface area contributed by atoms with Crippen LogP contribution in [-0.2, 0) is 9.59 Å². The van der Waals surface area contributed by atoms with Crippen LogP contribution >= 0.6 is 11.3 Å². The van der Waals surface area contributed by atoms with Gasteiger partial charge in [-0.3, -0.25) is 18.8 Å². The minimum atomic E-state index is -0.574. The van der Waals surface area contributed by atoms with Crippen molar-refractivity contribution < 1.29 is 14.4 Å². The Morgan fingerprint density at radius 1 is 1.41 bits per heavy atom. The summed E-state index contributed by atoms with van der Waals surface area (Å²) >= 11 is 1.45. The number of carbonyl (C=O) groups is 3.